The summed E-state index contributed by atoms with van der Waals surface area (Å²) in [6.45, 7) is 9.00. The van der Waals surface area contributed by atoms with Crippen LogP contribution in [-0.2, 0) is 4.79 Å². The number of benzene rings is 2. The van der Waals surface area contributed by atoms with Crippen molar-refractivity contribution in [1.29, 1.82) is 0 Å². The Bertz CT molecular complexity index is 750. The van der Waals surface area contributed by atoms with Crippen molar-refractivity contribution in [2.45, 2.75) is 39.8 Å². The average Bonchev–Trinajstić information content (AvgIpc) is 2.65. The molecular weight excluding hydrogens is 364 g/mol. The van der Waals surface area contributed by atoms with E-state index in [1.54, 1.807) is 24.3 Å². The summed E-state index contributed by atoms with van der Waals surface area (Å²) in [6, 6.07) is 12.8. The maximum absolute atomic E-state index is 12.5. The zero-order chi connectivity index (χ0) is 19.8. The lowest BCUT2D eigenvalue weighted by Crippen LogP contribution is -2.91. The number of nitrogens with two attached hydrogens (primary N) is 1. The molecule has 3 N–H and O–H groups in total. The van der Waals surface area contributed by atoms with Gasteiger partial charge in [0.05, 0.1) is 13.2 Å². The lowest BCUT2D eigenvalue weighted by Gasteiger charge is -2.18. The molecule has 2 aromatic carbocycles. The summed E-state index contributed by atoms with van der Waals surface area (Å²) in [7, 11) is 0. The van der Waals surface area contributed by atoms with Crippen LogP contribution in [0, 0.1) is 0 Å². The van der Waals surface area contributed by atoms with Gasteiger partial charge in [0, 0.05) is 16.3 Å². The molecule has 0 spiro atoms. The number of hydrogen-bond donors (Lipinski definition) is 2. The molecule has 0 aliphatic heterocycles. The summed E-state index contributed by atoms with van der Waals surface area (Å²) in [5.41, 5.74) is 1.81. The van der Waals surface area contributed by atoms with Gasteiger partial charge in [0.25, 0.3) is 5.91 Å². The van der Waals surface area contributed by atoms with E-state index in [9.17, 15) is 4.79 Å². The summed E-state index contributed by atoms with van der Waals surface area (Å²) < 4.78 is 11.3. The van der Waals surface area contributed by atoms with E-state index in [2.05, 4.69) is 12.2 Å². The monoisotopic (exact) mass is 391 g/mol. The number of carbonyl (C=O) groups is 1. The van der Waals surface area contributed by atoms with E-state index in [-0.39, 0.29) is 18.0 Å². The Labute approximate surface area is 166 Å². The molecule has 0 aliphatic rings. The van der Waals surface area contributed by atoms with Crippen molar-refractivity contribution in [2.75, 3.05) is 18.5 Å². The molecule has 0 unspecified atom stereocenters. The average molecular weight is 392 g/mol. The van der Waals surface area contributed by atoms with Crippen LogP contribution in [0.25, 0.3) is 0 Å². The number of hydrogen-bond acceptors (Lipinski definition) is 3. The summed E-state index contributed by atoms with van der Waals surface area (Å²) in [6.07, 6.45) is 0. The third kappa shape index (κ3) is 6.15. The topological polar surface area (TPSA) is 64.2 Å². The first-order valence-electron chi connectivity index (χ1n) is 9.25. The molecule has 1 amide bonds. The summed E-state index contributed by atoms with van der Waals surface area (Å²) in [5, 5.41) is 5.57. The van der Waals surface area contributed by atoms with Gasteiger partial charge in [-0.2, -0.15) is 0 Å². The fourth-order valence-corrected chi connectivity index (χ4v) is 2.90. The molecule has 0 aliphatic carbocycles. The largest absolute Gasteiger partial charge is 0.490 e. The van der Waals surface area contributed by atoms with Gasteiger partial charge in [0.2, 0.25) is 0 Å². The minimum absolute atomic E-state index is 0.0554. The molecule has 27 heavy (non-hydrogen) atoms. The van der Waals surface area contributed by atoms with E-state index in [0.717, 1.165) is 22.7 Å². The molecule has 0 fully saturated rings. The summed E-state index contributed by atoms with van der Waals surface area (Å²) >= 11 is 5.88. The predicted molar refractivity (Wildman–Crippen MR) is 109 cm³/mol. The van der Waals surface area contributed by atoms with Crippen LogP contribution in [0.2, 0.25) is 5.02 Å². The molecule has 0 aromatic heterocycles. The Morgan fingerprint density at radius 2 is 1.67 bits per heavy atom. The molecule has 5 nitrogen and oxygen atoms in total. The van der Waals surface area contributed by atoms with Crippen LogP contribution in [0.5, 0.6) is 11.5 Å². The van der Waals surface area contributed by atoms with Crippen molar-refractivity contribution in [1.82, 2.24) is 0 Å². The Balaban J connectivity index is 2.02. The number of ether oxygens (including phenoxy) is 2. The number of anilines is 1. The van der Waals surface area contributed by atoms with Crippen LogP contribution < -0.4 is 20.1 Å². The van der Waals surface area contributed by atoms with Crippen LogP contribution in [0.4, 0.5) is 5.69 Å². The zero-order valence-corrected chi connectivity index (χ0v) is 17.0. The van der Waals surface area contributed by atoms with E-state index in [1.165, 1.54) is 0 Å². The third-order valence-corrected chi connectivity index (χ3v) is 4.45. The summed E-state index contributed by atoms with van der Waals surface area (Å²) in [5.74, 6) is 1.42. The molecule has 0 radical (unpaired) electrons. The van der Waals surface area contributed by atoms with Crippen molar-refractivity contribution in [3.8, 4) is 11.5 Å². The van der Waals surface area contributed by atoms with E-state index in [1.807, 2.05) is 44.3 Å². The first-order chi connectivity index (χ1) is 12.9. The maximum atomic E-state index is 12.5. The van der Waals surface area contributed by atoms with Crippen LogP contribution in [0.1, 0.15) is 39.3 Å². The molecule has 0 saturated carbocycles. The van der Waals surface area contributed by atoms with Gasteiger partial charge in [-0.25, -0.2) is 0 Å². The van der Waals surface area contributed by atoms with Gasteiger partial charge in [-0.3, -0.25) is 4.79 Å². The molecule has 0 heterocycles. The second-order valence-electron chi connectivity index (χ2n) is 6.34. The van der Waals surface area contributed by atoms with Crippen LogP contribution in [0.15, 0.2) is 42.5 Å². The van der Waals surface area contributed by atoms with Crippen molar-refractivity contribution < 1.29 is 19.6 Å². The highest BCUT2D eigenvalue weighted by molar-refractivity contribution is 6.30. The van der Waals surface area contributed by atoms with Gasteiger partial charge in [0.15, 0.2) is 17.5 Å². The number of nitrogens with one attached hydrogen (secondary N) is 1. The standard InChI is InChI=1S/C21H27ClN2O3/c1-5-26-19-12-7-16(13-20(19)27-6-2)14(3)23-15(4)21(25)24-18-10-8-17(22)9-11-18/h7-15,23H,5-6H2,1-4H3,(H,24,25)/p+1/t14-,15-/m0/s1. The highest BCUT2D eigenvalue weighted by Crippen LogP contribution is 2.30. The minimum atomic E-state index is -0.252. The smallest absolute Gasteiger partial charge is 0.282 e. The second-order valence-corrected chi connectivity index (χ2v) is 6.77. The van der Waals surface area contributed by atoms with Gasteiger partial charge >= 0.3 is 0 Å². The zero-order valence-electron chi connectivity index (χ0n) is 16.3. The van der Waals surface area contributed by atoms with E-state index >= 15 is 0 Å². The van der Waals surface area contributed by atoms with E-state index < -0.39 is 0 Å². The highest BCUT2D eigenvalue weighted by Gasteiger charge is 2.21. The predicted octanol–water partition coefficient (Wildman–Crippen LogP) is 3.79. The van der Waals surface area contributed by atoms with Gasteiger partial charge in [-0.05, 0) is 70.2 Å². The van der Waals surface area contributed by atoms with Crippen LogP contribution in [-0.4, -0.2) is 25.2 Å². The molecule has 0 bridgehead atoms. The lowest BCUT2D eigenvalue weighted by atomic mass is 10.1. The Hall–Kier alpha value is -2.24. The Kier molecular flexibility index (Phi) is 7.95. The Morgan fingerprint density at radius 3 is 2.30 bits per heavy atom. The quantitative estimate of drug-likeness (QED) is 0.683. The molecule has 2 atom stereocenters. The fourth-order valence-electron chi connectivity index (χ4n) is 2.77. The highest BCUT2D eigenvalue weighted by atomic mass is 35.5. The number of halogens is 1. The van der Waals surface area contributed by atoms with Gasteiger partial charge in [0.1, 0.15) is 6.04 Å². The van der Waals surface area contributed by atoms with Crippen LogP contribution in [0.3, 0.4) is 0 Å². The SMILES string of the molecule is CCOc1ccc([C@H](C)[NH2+][C@@H](C)C(=O)Nc2ccc(Cl)cc2)cc1OCC. The van der Waals surface area contributed by atoms with Gasteiger partial charge in [-0.1, -0.05) is 11.6 Å². The third-order valence-electron chi connectivity index (χ3n) is 4.20. The van der Waals surface area contributed by atoms with Gasteiger partial charge in [-0.15, -0.1) is 0 Å². The van der Waals surface area contributed by atoms with Crippen molar-refractivity contribution in [3.63, 3.8) is 0 Å². The maximum Gasteiger partial charge on any atom is 0.282 e. The molecule has 2 aromatic rings. The van der Waals surface area contributed by atoms with Crippen molar-refractivity contribution in [3.05, 3.63) is 53.1 Å². The number of quaternary nitrogens is 1. The molecule has 6 heteroatoms. The molecule has 2 rings (SSSR count). The molecular formula is C21H28ClN2O3+. The van der Waals surface area contributed by atoms with Gasteiger partial charge < -0.3 is 20.1 Å². The van der Waals surface area contributed by atoms with E-state index in [0.29, 0.717) is 18.2 Å². The molecule has 146 valence electrons. The first kappa shape index (κ1) is 21.1. The lowest BCUT2D eigenvalue weighted by molar-refractivity contribution is -0.709. The van der Waals surface area contributed by atoms with Crippen molar-refractivity contribution >= 4 is 23.2 Å². The fraction of sp³-hybridized carbons (Fsp3) is 0.381. The first-order valence-corrected chi connectivity index (χ1v) is 9.63. The second kappa shape index (κ2) is 10.2. The molecule has 0 saturated heterocycles. The number of amides is 1. The van der Waals surface area contributed by atoms with Crippen molar-refractivity contribution in [2.24, 2.45) is 0 Å². The minimum Gasteiger partial charge on any atom is -0.490 e. The van der Waals surface area contributed by atoms with Crippen LogP contribution >= 0.6 is 11.6 Å². The number of carbonyl (C=O) groups excluding carboxylic acids is 1. The van der Waals surface area contributed by atoms with E-state index in [4.69, 9.17) is 21.1 Å². The normalized spacial score (nSPS) is 12.9. The number of rotatable bonds is 9. The Morgan fingerprint density at radius 1 is 1.04 bits per heavy atom. The summed E-state index contributed by atoms with van der Waals surface area (Å²) in [4.78, 5) is 12.5.